The van der Waals surface area contributed by atoms with E-state index >= 15 is 4.39 Å². The summed E-state index contributed by atoms with van der Waals surface area (Å²) in [5.74, 6) is 0.215. The smallest absolute Gasteiger partial charge is 0.383 e. The van der Waals surface area contributed by atoms with Crippen molar-refractivity contribution in [3.8, 4) is 0 Å². The number of nitrogens with two attached hydrogens (primary N) is 2. The maximum absolute atomic E-state index is 16.1. The van der Waals surface area contributed by atoms with Gasteiger partial charge in [0.05, 0.1) is 26.6 Å². The van der Waals surface area contributed by atoms with E-state index in [4.69, 9.17) is 29.8 Å². The van der Waals surface area contributed by atoms with Gasteiger partial charge in [0.25, 0.3) is 5.56 Å². The van der Waals surface area contributed by atoms with Crippen LogP contribution in [0.15, 0.2) is 23.4 Å². The molecule has 8 atom stereocenters. The van der Waals surface area contributed by atoms with Gasteiger partial charge in [0.2, 0.25) is 5.95 Å². The number of thiol groups is 1. The number of fused-ring (bicyclic) bond motifs is 2. The Labute approximate surface area is 258 Å². The third kappa shape index (κ3) is 6.13. The first-order chi connectivity index (χ1) is 20.7. The van der Waals surface area contributed by atoms with Crippen LogP contribution < -0.4 is 17.0 Å². The molecular formula is C21H27FN10O6P2S3. The van der Waals surface area contributed by atoms with Gasteiger partial charge in [0.15, 0.2) is 23.6 Å². The SMILES string of the molecule is CSP(=O)(OC[C@@H]1CC[C@H](n2nnc3c(=O)[nH]c(N)nc32)S1)OC1[C@@H](COPS)O[C@@H](n2ccc3c(N)ncnc32)[C@H]1F. The summed E-state index contributed by atoms with van der Waals surface area (Å²) < 4.78 is 56.1. The molecule has 3 unspecified atom stereocenters. The van der Waals surface area contributed by atoms with Crippen molar-refractivity contribution >= 4 is 84.2 Å². The molecular weight excluding hydrogens is 665 g/mol. The first kappa shape index (κ1) is 31.0. The predicted molar refractivity (Wildman–Crippen MR) is 166 cm³/mol. The number of ether oxygens (including phenoxy) is 1. The van der Waals surface area contributed by atoms with Crippen LogP contribution in [0.2, 0.25) is 0 Å². The Morgan fingerprint density at radius 2 is 2.16 bits per heavy atom. The van der Waals surface area contributed by atoms with Gasteiger partial charge in [-0.3, -0.25) is 18.8 Å². The fourth-order valence-corrected chi connectivity index (χ4v) is 9.16. The molecule has 6 rings (SSSR count). The lowest BCUT2D eigenvalue weighted by molar-refractivity contribution is -0.0370. The molecule has 6 heterocycles. The Bertz CT molecular complexity index is 1730. The molecule has 16 nitrogen and oxygen atoms in total. The number of hydrogen-bond acceptors (Lipinski definition) is 16. The summed E-state index contributed by atoms with van der Waals surface area (Å²) in [7, 11) is -0.172. The zero-order chi connectivity index (χ0) is 30.3. The normalized spacial score (nSPS) is 27.6. The van der Waals surface area contributed by atoms with E-state index in [9.17, 15) is 9.36 Å². The van der Waals surface area contributed by atoms with E-state index in [0.29, 0.717) is 23.9 Å². The van der Waals surface area contributed by atoms with Crippen LogP contribution in [0.3, 0.4) is 0 Å². The first-order valence-corrected chi connectivity index (χ1v) is 19.3. The highest BCUT2D eigenvalue weighted by molar-refractivity contribution is 8.54. The number of halogens is 1. The molecule has 43 heavy (non-hydrogen) atoms. The summed E-state index contributed by atoms with van der Waals surface area (Å²) in [6.07, 6.45) is 0.734. The molecule has 0 bridgehead atoms. The van der Waals surface area contributed by atoms with Gasteiger partial charge in [-0.25, -0.2) is 23.6 Å². The van der Waals surface area contributed by atoms with Crippen LogP contribution in [0.5, 0.6) is 0 Å². The summed E-state index contributed by atoms with van der Waals surface area (Å²) in [6, 6.07) is 1.67. The first-order valence-electron chi connectivity index (χ1n) is 12.8. The number of thioether (sulfide) groups is 1. The van der Waals surface area contributed by atoms with Crippen LogP contribution in [0, 0.1) is 0 Å². The number of nitrogens with one attached hydrogen (secondary N) is 1. The second-order valence-corrected chi connectivity index (χ2v) is 16.2. The van der Waals surface area contributed by atoms with E-state index in [1.54, 1.807) is 23.2 Å². The Morgan fingerprint density at radius 1 is 1.33 bits per heavy atom. The molecule has 0 aromatic carbocycles. The van der Waals surface area contributed by atoms with Gasteiger partial charge in [-0.2, -0.15) is 4.98 Å². The summed E-state index contributed by atoms with van der Waals surface area (Å²) >= 11 is 6.47. The number of nitrogens with zero attached hydrogens (tertiary/aromatic N) is 7. The monoisotopic (exact) mass is 692 g/mol. The molecule has 4 aromatic heterocycles. The lowest BCUT2D eigenvalue weighted by Gasteiger charge is -2.25. The number of anilines is 2. The van der Waals surface area contributed by atoms with Crippen LogP contribution in [0.25, 0.3) is 22.2 Å². The van der Waals surface area contributed by atoms with Crippen LogP contribution >= 0.6 is 50.2 Å². The molecule has 2 saturated heterocycles. The maximum Gasteiger partial charge on any atom is 0.389 e. The van der Waals surface area contributed by atoms with Crippen molar-refractivity contribution in [2.75, 3.05) is 30.9 Å². The van der Waals surface area contributed by atoms with E-state index in [1.165, 1.54) is 22.7 Å². The average molecular weight is 693 g/mol. The second-order valence-electron chi connectivity index (χ2n) is 9.57. The molecule has 0 aliphatic carbocycles. The predicted octanol–water partition coefficient (Wildman–Crippen LogP) is 3.08. The van der Waals surface area contributed by atoms with Crippen molar-refractivity contribution in [1.82, 2.24) is 39.5 Å². The molecule has 2 fully saturated rings. The van der Waals surface area contributed by atoms with E-state index in [1.807, 2.05) is 0 Å². The van der Waals surface area contributed by atoms with E-state index in [2.05, 4.69) is 42.5 Å². The largest absolute Gasteiger partial charge is 0.389 e. The highest BCUT2D eigenvalue weighted by Gasteiger charge is 2.50. The zero-order valence-electron chi connectivity index (χ0n) is 22.3. The summed E-state index contributed by atoms with van der Waals surface area (Å²) in [6.45, 7) is -3.83. The van der Waals surface area contributed by atoms with Gasteiger partial charge in [-0.05, 0) is 36.5 Å². The van der Waals surface area contributed by atoms with Crippen molar-refractivity contribution < 1.29 is 27.3 Å². The lowest BCUT2D eigenvalue weighted by atomic mass is 10.1. The minimum atomic E-state index is -3.85. The number of aromatic nitrogens is 8. The van der Waals surface area contributed by atoms with Gasteiger partial charge in [-0.15, -0.1) is 29.1 Å². The Balaban J connectivity index is 1.14. The summed E-state index contributed by atoms with van der Waals surface area (Å²) in [5.41, 5.74) is 11.9. The van der Waals surface area contributed by atoms with Crippen molar-refractivity contribution in [2.45, 2.75) is 48.1 Å². The Morgan fingerprint density at radius 3 is 2.95 bits per heavy atom. The number of nitrogen functional groups attached to an aromatic ring is 2. The van der Waals surface area contributed by atoms with Crippen molar-refractivity contribution in [3.63, 3.8) is 0 Å². The van der Waals surface area contributed by atoms with Gasteiger partial charge in [-0.1, -0.05) is 5.21 Å². The van der Waals surface area contributed by atoms with Crippen molar-refractivity contribution in [2.24, 2.45) is 0 Å². The van der Waals surface area contributed by atoms with Crippen LogP contribution in [0.1, 0.15) is 24.4 Å². The maximum atomic E-state index is 16.1. The third-order valence-corrected chi connectivity index (χ3v) is 12.5. The average Bonchev–Trinajstić information content (AvgIpc) is 3.78. The Hall–Kier alpha value is -2.02. The molecule has 0 amide bonds. The van der Waals surface area contributed by atoms with Gasteiger partial charge in [0.1, 0.15) is 35.4 Å². The minimum absolute atomic E-state index is 0.0350. The van der Waals surface area contributed by atoms with Crippen molar-refractivity contribution in [3.05, 3.63) is 28.9 Å². The van der Waals surface area contributed by atoms with E-state index in [0.717, 1.165) is 11.4 Å². The standard InChI is InChI=1S/C21H27FN10O6P2S3/c1-42-40(34,36-6-9-2-3-12(43-9)32-18-14(29-30-32)19(33)28-21(24)27-18)38-15-11(7-35-39-41)37-20(13(15)22)31-5-4-10-16(23)25-8-26-17(10)31/h4-5,8-9,11-13,15,20,39,41H,2-3,6-7H2,1H3,(H2,23,25,26)(H3,24,27,28,33)/t9-,11+,12+,13-,15?,20+,40?/m0/s1. The van der Waals surface area contributed by atoms with E-state index < -0.39 is 37.0 Å². The second kappa shape index (κ2) is 12.8. The molecule has 0 saturated carbocycles. The number of aromatic amines is 1. The van der Waals surface area contributed by atoms with Gasteiger partial charge < -0.3 is 25.3 Å². The van der Waals surface area contributed by atoms with Crippen LogP contribution in [-0.4, -0.2) is 82.6 Å². The molecule has 5 N–H and O–H groups in total. The molecule has 232 valence electrons. The summed E-state index contributed by atoms with van der Waals surface area (Å²) in [5, 5.41) is 8.28. The van der Waals surface area contributed by atoms with Crippen LogP contribution in [0.4, 0.5) is 16.2 Å². The minimum Gasteiger partial charge on any atom is -0.383 e. The van der Waals surface area contributed by atoms with Gasteiger partial charge >= 0.3 is 6.80 Å². The summed E-state index contributed by atoms with van der Waals surface area (Å²) in [4.78, 5) is 26.9. The van der Waals surface area contributed by atoms with Crippen LogP contribution in [-0.2, 0) is 22.9 Å². The quantitative estimate of drug-likeness (QED) is 0.131. The third-order valence-electron chi connectivity index (χ3n) is 7.00. The topological polar surface area (TPSA) is 213 Å². The number of H-pyrrole nitrogens is 1. The lowest BCUT2D eigenvalue weighted by Crippen LogP contribution is -2.33. The number of rotatable bonds is 11. The van der Waals surface area contributed by atoms with E-state index in [-0.39, 0.29) is 54.8 Å². The molecule has 0 radical (unpaired) electrons. The molecule has 4 aromatic rings. The van der Waals surface area contributed by atoms with Gasteiger partial charge in [0, 0.05) is 11.4 Å². The van der Waals surface area contributed by atoms with Crippen molar-refractivity contribution in [1.29, 1.82) is 0 Å². The highest BCUT2D eigenvalue weighted by atomic mass is 32.7. The molecule has 0 spiro atoms. The fraction of sp³-hybridized carbons (Fsp3) is 0.524. The molecule has 2 aliphatic rings. The Kier molecular flexibility index (Phi) is 9.20. The molecule has 2 aliphatic heterocycles. The fourth-order valence-electron chi connectivity index (χ4n) is 4.98. The number of hydrogen-bond donors (Lipinski definition) is 4. The highest BCUT2D eigenvalue weighted by Crippen LogP contribution is 2.62. The zero-order valence-corrected chi connectivity index (χ0v) is 26.8. The number of alkyl halides is 1. The molecule has 22 heteroatoms.